The summed E-state index contributed by atoms with van der Waals surface area (Å²) in [6, 6.07) is 27.6. The van der Waals surface area contributed by atoms with Gasteiger partial charge in [0.1, 0.15) is 11.5 Å². The number of aromatic nitrogens is 2. The van der Waals surface area contributed by atoms with Crippen LogP contribution in [0.5, 0.6) is 0 Å². The molecule has 6 rings (SSSR count). The van der Waals surface area contributed by atoms with Gasteiger partial charge in [0, 0.05) is 60.5 Å². The molecule has 42 heavy (non-hydrogen) atoms. The minimum absolute atomic E-state index is 0.357. The van der Waals surface area contributed by atoms with Gasteiger partial charge in [0.25, 0.3) is 11.7 Å². The lowest BCUT2D eigenvalue weighted by Crippen LogP contribution is -2.31. The Balaban J connectivity index is 1.19. The van der Waals surface area contributed by atoms with Crippen molar-refractivity contribution < 1.29 is 9.59 Å². The fourth-order valence-electron chi connectivity index (χ4n) is 5.85. The third kappa shape index (κ3) is 5.50. The van der Waals surface area contributed by atoms with Crippen molar-refractivity contribution in [3.63, 3.8) is 0 Å². The molecule has 1 aliphatic rings. The maximum absolute atomic E-state index is 13.6. The van der Waals surface area contributed by atoms with Gasteiger partial charge in [-0.25, -0.2) is 4.98 Å². The smallest absolute Gasteiger partial charge is 0.298 e. The van der Waals surface area contributed by atoms with Crippen LogP contribution in [0.15, 0.2) is 91.1 Å². The van der Waals surface area contributed by atoms with E-state index < -0.39 is 11.7 Å². The molecule has 1 fully saturated rings. The van der Waals surface area contributed by atoms with Crippen LogP contribution in [0, 0.1) is 20.8 Å². The summed E-state index contributed by atoms with van der Waals surface area (Å²) in [7, 11) is 0. The number of amides is 1. The Morgan fingerprint density at radius 1 is 0.786 bits per heavy atom. The third-order valence-corrected chi connectivity index (χ3v) is 7.91. The molecule has 0 bridgehead atoms. The van der Waals surface area contributed by atoms with Crippen LogP contribution in [0.1, 0.15) is 33.7 Å². The van der Waals surface area contributed by atoms with Crippen molar-refractivity contribution in [2.45, 2.75) is 27.2 Å². The summed E-state index contributed by atoms with van der Waals surface area (Å²) < 4.78 is 1.79. The van der Waals surface area contributed by atoms with E-state index in [1.165, 1.54) is 5.56 Å². The molecule has 2 aromatic carbocycles. The molecule has 0 saturated carbocycles. The van der Waals surface area contributed by atoms with E-state index in [0.29, 0.717) is 11.4 Å². The van der Waals surface area contributed by atoms with E-state index in [1.54, 1.807) is 4.40 Å². The summed E-state index contributed by atoms with van der Waals surface area (Å²) in [5, 5.41) is 2.89. The monoisotopic (exact) mass is 557 g/mol. The van der Waals surface area contributed by atoms with Crippen molar-refractivity contribution in [3.8, 4) is 11.1 Å². The SMILES string of the molecule is Cc1cc(C)nc(N2CCCN(c3ccc(NC(=O)C(=O)c4c(-c5ccccc5)cc5ccccn45)c(C)c3)CC2)c1. The molecule has 212 valence electrons. The van der Waals surface area contributed by atoms with Crippen molar-refractivity contribution >= 4 is 34.4 Å². The first kappa shape index (κ1) is 27.3. The van der Waals surface area contributed by atoms with Gasteiger partial charge >= 0.3 is 0 Å². The molecule has 0 atom stereocenters. The third-order valence-electron chi connectivity index (χ3n) is 7.91. The number of hydrogen-bond acceptors (Lipinski definition) is 5. The van der Waals surface area contributed by atoms with Crippen LogP contribution in [-0.2, 0) is 4.79 Å². The maximum Gasteiger partial charge on any atom is 0.298 e. The van der Waals surface area contributed by atoms with Crippen molar-refractivity contribution in [1.82, 2.24) is 9.38 Å². The quantitative estimate of drug-likeness (QED) is 0.192. The van der Waals surface area contributed by atoms with Gasteiger partial charge in [-0.1, -0.05) is 36.4 Å². The molecule has 0 unspecified atom stereocenters. The maximum atomic E-state index is 13.6. The zero-order valence-corrected chi connectivity index (χ0v) is 24.3. The molecular weight excluding hydrogens is 522 g/mol. The Bertz CT molecular complexity index is 1760. The summed E-state index contributed by atoms with van der Waals surface area (Å²) in [4.78, 5) is 36.5. The minimum atomic E-state index is -0.654. The number of carbonyl (C=O) groups excluding carboxylic acids is 2. The molecule has 3 aromatic heterocycles. The van der Waals surface area contributed by atoms with Gasteiger partial charge < -0.3 is 19.5 Å². The van der Waals surface area contributed by atoms with E-state index in [4.69, 9.17) is 4.98 Å². The first-order valence-electron chi connectivity index (χ1n) is 14.4. The number of benzene rings is 2. The first-order chi connectivity index (χ1) is 20.4. The van der Waals surface area contributed by atoms with Crippen LogP contribution in [0.4, 0.5) is 17.2 Å². The fraction of sp³-hybridized carbons (Fsp3) is 0.229. The molecule has 0 aliphatic carbocycles. The van der Waals surface area contributed by atoms with Gasteiger partial charge in [0.15, 0.2) is 0 Å². The Kier molecular flexibility index (Phi) is 7.48. The molecular formula is C35H35N5O2. The minimum Gasteiger partial charge on any atom is -0.370 e. The summed E-state index contributed by atoms with van der Waals surface area (Å²) in [6.07, 6.45) is 2.84. The van der Waals surface area contributed by atoms with Crippen LogP contribution in [0.25, 0.3) is 16.6 Å². The summed E-state index contributed by atoms with van der Waals surface area (Å²) >= 11 is 0. The molecule has 7 heteroatoms. The van der Waals surface area contributed by atoms with Gasteiger partial charge in [-0.05, 0) is 92.4 Å². The summed E-state index contributed by atoms with van der Waals surface area (Å²) in [5.74, 6) is -0.186. The molecule has 1 aliphatic heterocycles. The number of fused-ring (bicyclic) bond motifs is 1. The number of anilines is 3. The highest BCUT2D eigenvalue weighted by molar-refractivity contribution is 6.47. The number of aryl methyl sites for hydroxylation is 3. The lowest BCUT2D eigenvalue weighted by atomic mass is 10.0. The largest absolute Gasteiger partial charge is 0.370 e. The Morgan fingerprint density at radius 2 is 1.55 bits per heavy atom. The van der Waals surface area contributed by atoms with E-state index in [1.807, 2.05) is 86.8 Å². The summed E-state index contributed by atoms with van der Waals surface area (Å²) in [5.41, 5.74) is 7.77. The Hall–Kier alpha value is -4.91. The van der Waals surface area contributed by atoms with Crippen molar-refractivity contribution in [3.05, 3.63) is 114 Å². The number of Topliss-reactive ketones (excluding diaryl/α,β-unsaturated/α-hetero) is 1. The van der Waals surface area contributed by atoms with E-state index in [9.17, 15) is 9.59 Å². The van der Waals surface area contributed by atoms with Gasteiger partial charge in [0.2, 0.25) is 0 Å². The number of hydrogen-bond donors (Lipinski definition) is 1. The van der Waals surface area contributed by atoms with Crippen LogP contribution in [-0.4, -0.2) is 47.3 Å². The van der Waals surface area contributed by atoms with Crippen molar-refractivity contribution in [1.29, 1.82) is 0 Å². The molecule has 1 saturated heterocycles. The first-order valence-corrected chi connectivity index (χ1v) is 14.4. The van der Waals surface area contributed by atoms with E-state index in [-0.39, 0.29) is 0 Å². The molecule has 0 spiro atoms. The highest BCUT2D eigenvalue weighted by Crippen LogP contribution is 2.29. The van der Waals surface area contributed by atoms with E-state index in [2.05, 4.69) is 40.2 Å². The number of nitrogens with one attached hydrogen (secondary N) is 1. The zero-order chi connectivity index (χ0) is 29.2. The second-order valence-electron chi connectivity index (χ2n) is 11.0. The van der Waals surface area contributed by atoms with E-state index in [0.717, 1.165) is 72.0 Å². The van der Waals surface area contributed by atoms with Crippen LogP contribution in [0.3, 0.4) is 0 Å². The molecule has 7 nitrogen and oxygen atoms in total. The molecule has 1 N–H and O–H groups in total. The zero-order valence-electron chi connectivity index (χ0n) is 24.3. The van der Waals surface area contributed by atoms with Crippen molar-refractivity contribution in [2.24, 2.45) is 0 Å². The van der Waals surface area contributed by atoms with Crippen LogP contribution in [0.2, 0.25) is 0 Å². The Morgan fingerprint density at radius 3 is 2.33 bits per heavy atom. The fourth-order valence-corrected chi connectivity index (χ4v) is 5.85. The van der Waals surface area contributed by atoms with Gasteiger partial charge in [-0.15, -0.1) is 0 Å². The highest BCUT2D eigenvalue weighted by atomic mass is 16.2. The summed E-state index contributed by atoms with van der Waals surface area (Å²) in [6.45, 7) is 9.78. The second-order valence-corrected chi connectivity index (χ2v) is 11.0. The second kappa shape index (κ2) is 11.5. The molecule has 0 radical (unpaired) electrons. The lowest BCUT2D eigenvalue weighted by molar-refractivity contribution is -0.112. The number of rotatable bonds is 6. The number of pyridine rings is 2. The average Bonchev–Trinajstić information content (AvgIpc) is 3.19. The number of carbonyl (C=O) groups is 2. The lowest BCUT2D eigenvalue weighted by Gasteiger charge is -2.25. The molecule has 1 amide bonds. The standard InChI is InChI=1S/C35H35N5O2/c1-24-20-26(3)36-32(21-24)39-16-9-15-38(18-19-39)28-13-14-31(25(2)22-28)37-35(42)34(41)33-30(27-10-5-4-6-11-27)23-29-12-7-8-17-40(29)33/h4-8,10-14,17,20-23H,9,15-16,18-19H2,1-3H3,(H,37,42). The number of ketones is 1. The normalized spacial score (nSPS) is 13.7. The van der Waals surface area contributed by atoms with Crippen LogP contribution >= 0.6 is 0 Å². The topological polar surface area (TPSA) is 70.0 Å². The van der Waals surface area contributed by atoms with Gasteiger partial charge in [-0.3, -0.25) is 9.59 Å². The highest BCUT2D eigenvalue weighted by Gasteiger charge is 2.25. The molecule has 5 aromatic rings. The van der Waals surface area contributed by atoms with Crippen LogP contribution < -0.4 is 15.1 Å². The average molecular weight is 558 g/mol. The van der Waals surface area contributed by atoms with Crippen molar-refractivity contribution in [2.75, 3.05) is 41.3 Å². The predicted molar refractivity (Wildman–Crippen MR) is 170 cm³/mol. The van der Waals surface area contributed by atoms with E-state index >= 15 is 0 Å². The van der Waals surface area contributed by atoms with Gasteiger partial charge in [0.05, 0.1) is 0 Å². The Labute approximate surface area is 246 Å². The number of nitrogens with zero attached hydrogens (tertiary/aromatic N) is 4. The predicted octanol–water partition coefficient (Wildman–Crippen LogP) is 6.46. The molecule has 4 heterocycles. The van der Waals surface area contributed by atoms with Gasteiger partial charge in [-0.2, -0.15) is 0 Å².